The molecule has 0 saturated carbocycles. The van der Waals surface area contributed by atoms with E-state index in [0.29, 0.717) is 19.4 Å². The van der Waals surface area contributed by atoms with Crippen molar-refractivity contribution in [3.8, 4) is 5.75 Å². The van der Waals surface area contributed by atoms with E-state index in [-0.39, 0.29) is 5.75 Å². The Balaban J connectivity index is 2.81. The maximum absolute atomic E-state index is 13.6. The van der Waals surface area contributed by atoms with Crippen LogP contribution in [0.25, 0.3) is 0 Å². The van der Waals surface area contributed by atoms with Crippen LogP contribution in [0.5, 0.6) is 5.75 Å². The van der Waals surface area contributed by atoms with E-state index in [1.54, 1.807) is 12.1 Å². The van der Waals surface area contributed by atoms with Gasteiger partial charge in [-0.25, -0.2) is 4.39 Å². The van der Waals surface area contributed by atoms with Gasteiger partial charge < -0.3 is 14.6 Å². The Morgan fingerprint density at radius 1 is 1.37 bits per heavy atom. The lowest BCUT2D eigenvalue weighted by Gasteiger charge is -2.33. The van der Waals surface area contributed by atoms with E-state index in [1.165, 1.54) is 13.2 Å². The number of ether oxygens (including phenoxy) is 2. The molecule has 2 atom stereocenters. The van der Waals surface area contributed by atoms with Crippen LogP contribution >= 0.6 is 0 Å². The van der Waals surface area contributed by atoms with E-state index in [9.17, 15) is 9.50 Å². The van der Waals surface area contributed by atoms with Crippen molar-refractivity contribution in [3.05, 3.63) is 29.6 Å². The number of hydrogen-bond donors (Lipinski definition) is 1. The van der Waals surface area contributed by atoms with Gasteiger partial charge in [0.05, 0.1) is 18.8 Å². The lowest BCUT2D eigenvalue weighted by molar-refractivity contribution is -0.110. The van der Waals surface area contributed by atoms with Gasteiger partial charge in [0.15, 0.2) is 11.6 Å². The van der Waals surface area contributed by atoms with Crippen molar-refractivity contribution >= 4 is 0 Å². The fourth-order valence-corrected chi connectivity index (χ4v) is 2.04. The van der Waals surface area contributed by atoms with Gasteiger partial charge in [-0.05, 0) is 38.0 Å². The van der Waals surface area contributed by atoms with E-state index >= 15 is 0 Å². The van der Waals surface area contributed by atoms with Crippen molar-refractivity contribution < 1.29 is 19.0 Å². The third-order valence-corrected chi connectivity index (χ3v) is 3.53. The molecule has 0 fully saturated rings. The van der Waals surface area contributed by atoms with Crippen LogP contribution in [0, 0.1) is 5.82 Å². The summed E-state index contributed by atoms with van der Waals surface area (Å²) in [5, 5.41) is 10.3. The van der Waals surface area contributed by atoms with E-state index in [4.69, 9.17) is 9.47 Å². The quantitative estimate of drug-likeness (QED) is 0.828. The first-order valence-electron chi connectivity index (χ1n) is 6.61. The molecule has 0 saturated heterocycles. The molecule has 19 heavy (non-hydrogen) atoms. The summed E-state index contributed by atoms with van der Waals surface area (Å²) in [6, 6.07) is 4.72. The summed E-state index contributed by atoms with van der Waals surface area (Å²) in [7, 11) is 1.43. The molecule has 0 amide bonds. The Morgan fingerprint density at radius 2 is 2.05 bits per heavy atom. The van der Waals surface area contributed by atoms with Crippen molar-refractivity contribution in [2.45, 2.75) is 45.3 Å². The lowest BCUT2D eigenvalue weighted by atomic mass is 9.90. The highest BCUT2D eigenvalue weighted by Gasteiger charge is 2.31. The molecule has 0 aliphatic rings. The summed E-state index contributed by atoms with van der Waals surface area (Å²) in [6.45, 7) is 6.28. The Bertz CT molecular complexity index is 408. The van der Waals surface area contributed by atoms with Gasteiger partial charge in [-0.3, -0.25) is 0 Å². The minimum absolute atomic E-state index is 0.210. The van der Waals surface area contributed by atoms with Crippen LogP contribution < -0.4 is 4.74 Å². The van der Waals surface area contributed by atoms with Crippen molar-refractivity contribution in [2.24, 2.45) is 0 Å². The lowest BCUT2D eigenvalue weighted by Crippen LogP contribution is -2.42. The van der Waals surface area contributed by atoms with E-state index < -0.39 is 17.5 Å². The SMILES string of the molecule is CCOC(C)(CC)C(O)Cc1ccc(OC)c(F)c1. The van der Waals surface area contributed by atoms with Gasteiger partial charge >= 0.3 is 0 Å². The molecule has 4 heteroatoms. The fraction of sp³-hybridized carbons (Fsp3) is 0.600. The van der Waals surface area contributed by atoms with Gasteiger partial charge in [-0.1, -0.05) is 13.0 Å². The Morgan fingerprint density at radius 3 is 2.53 bits per heavy atom. The molecular formula is C15H23FO3. The predicted molar refractivity (Wildman–Crippen MR) is 73.0 cm³/mol. The van der Waals surface area contributed by atoms with Gasteiger partial charge in [-0.2, -0.15) is 0 Å². The van der Waals surface area contributed by atoms with Crippen LogP contribution in [0.2, 0.25) is 0 Å². The normalized spacial score (nSPS) is 15.9. The van der Waals surface area contributed by atoms with Crippen LogP contribution in [0.4, 0.5) is 4.39 Å². The Labute approximate surface area is 114 Å². The molecule has 0 spiro atoms. The molecule has 0 aliphatic heterocycles. The first-order chi connectivity index (χ1) is 8.96. The minimum atomic E-state index is -0.676. The number of aliphatic hydroxyl groups is 1. The third-order valence-electron chi connectivity index (χ3n) is 3.53. The summed E-state index contributed by atoms with van der Waals surface area (Å²) in [5.41, 5.74) is 0.121. The number of halogens is 1. The van der Waals surface area contributed by atoms with Crippen LogP contribution in [-0.4, -0.2) is 30.5 Å². The Hall–Kier alpha value is -1.13. The topological polar surface area (TPSA) is 38.7 Å². The average molecular weight is 270 g/mol. The zero-order chi connectivity index (χ0) is 14.5. The second-order valence-electron chi connectivity index (χ2n) is 4.79. The first kappa shape index (κ1) is 15.9. The van der Waals surface area contributed by atoms with Crippen molar-refractivity contribution in [2.75, 3.05) is 13.7 Å². The smallest absolute Gasteiger partial charge is 0.165 e. The van der Waals surface area contributed by atoms with Gasteiger partial charge in [0.1, 0.15) is 0 Å². The molecule has 3 nitrogen and oxygen atoms in total. The fourth-order valence-electron chi connectivity index (χ4n) is 2.04. The third kappa shape index (κ3) is 3.91. The molecule has 0 radical (unpaired) electrons. The number of rotatable bonds is 7. The summed E-state index contributed by atoms with van der Waals surface area (Å²) >= 11 is 0. The monoisotopic (exact) mass is 270 g/mol. The first-order valence-corrected chi connectivity index (χ1v) is 6.61. The van der Waals surface area contributed by atoms with Gasteiger partial charge in [0.25, 0.3) is 0 Å². The van der Waals surface area contributed by atoms with Crippen molar-refractivity contribution in [1.82, 2.24) is 0 Å². The molecule has 2 unspecified atom stereocenters. The highest BCUT2D eigenvalue weighted by Crippen LogP contribution is 2.25. The molecular weight excluding hydrogens is 247 g/mol. The van der Waals surface area contributed by atoms with E-state index in [0.717, 1.165) is 5.56 Å². The van der Waals surface area contributed by atoms with Gasteiger partial charge in [0.2, 0.25) is 0 Å². The number of aliphatic hydroxyl groups excluding tert-OH is 1. The van der Waals surface area contributed by atoms with Crippen LogP contribution in [0.15, 0.2) is 18.2 Å². The second kappa shape index (κ2) is 6.87. The van der Waals surface area contributed by atoms with Crippen molar-refractivity contribution in [1.29, 1.82) is 0 Å². The van der Waals surface area contributed by atoms with Gasteiger partial charge in [-0.15, -0.1) is 0 Å². The molecule has 0 heterocycles. The minimum Gasteiger partial charge on any atom is -0.494 e. The molecule has 0 aliphatic carbocycles. The molecule has 1 N–H and O–H groups in total. The predicted octanol–water partition coefficient (Wildman–Crippen LogP) is 2.94. The largest absolute Gasteiger partial charge is 0.494 e. The highest BCUT2D eigenvalue weighted by atomic mass is 19.1. The summed E-state index contributed by atoms with van der Waals surface area (Å²) in [4.78, 5) is 0. The van der Waals surface area contributed by atoms with Crippen LogP contribution in [0.3, 0.4) is 0 Å². The zero-order valence-electron chi connectivity index (χ0n) is 12.1. The Kier molecular flexibility index (Phi) is 5.76. The average Bonchev–Trinajstić information content (AvgIpc) is 2.39. The van der Waals surface area contributed by atoms with Crippen LogP contribution in [0.1, 0.15) is 32.8 Å². The summed E-state index contributed by atoms with van der Waals surface area (Å²) < 4.78 is 24.1. The maximum Gasteiger partial charge on any atom is 0.165 e. The van der Waals surface area contributed by atoms with Crippen molar-refractivity contribution in [3.63, 3.8) is 0 Å². The second-order valence-corrected chi connectivity index (χ2v) is 4.79. The molecule has 1 aromatic carbocycles. The summed E-state index contributed by atoms with van der Waals surface area (Å²) in [5.74, 6) is -0.205. The molecule has 108 valence electrons. The van der Waals surface area contributed by atoms with E-state index in [1.807, 2.05) is 20.8 Å². The zero-order valence-corrected chi connectivity index (χ0v) is 12.1. The van der Waals surface area contributed by atoms with E-state index in [2.05, 4.69) is 0 Å². The number of hydrogen-bond acceptors (Lipinski definition) is 3. The molecule has 1 rings (SSSR count). The van der Waals surface area contributed by atoms with Crippen LogP contribution in [-0.2, 0) is 11.2 Å². The number of benzene rings is 1. The number of methoxy groups -OCH3 is 1. The highest BCUT2D eigenvalue weighted by molar-refractivity contribution is 5.29. The molecule has 0 aromatic heterocycles. The molecule has 1 aromatic rings. The standard InChI is InChI=1S/C15H23FO3/c1-5-15(3,19-6-2)14(17)10-11-7-8-13(18-4)12(16)9-11/h7-9,14,17H,5-6,10H2,1-4H3. The van der Waals surface area contributed by atoms with Gasteiger partial charge in [0, 0.05) is 13.0 Å². The maximum atomic E-state index is 13.6. The summed E-state index contributed by atoms with van der Waals surface area (Å²) in [6.07, 6.45) is 0.372. The molecule has 0 bridgehead atoms.